The molecule has 0 spiro atoms. The van der Waals surface area contributed by atoms with Gasteiger partial charge in [0.1, 0.15) is 0 Å². The maximum Gasteiger partial charge on any atom is 0.225 e. The molecule has 1 fully saturated rings. The molecule has 1 heterocycles. The summed E-state index contributed by atoms with van der Waals surface area (Å²) < 4.78 is 0. The molecular weight excluding hydrogens is 336 g/mol. The lowest BCUT2D eigenvalue weighted by Crippen LogP contribution is -2.45. The van der Waals surface area contributed by atoms with E-state index in [1.807, 2.05) is 18.7 Å². The minimum Gasteiger partial charge on any atom is -0.357 e. The van der Waals surface area contributed by atoms with E-state index < -0.39 is 0 Å². The molecular formula is C22H36N4O. The van der Waals surface area contributed by atoms with Crippen LogP contribution < -0.4 is 10.6 Å². The number of benzene rings is 1. The van der Waals surface area contributed by atoms with Crippen molar-refractivity contribution in [2.45, 2.75) is 60.4 Å². The van der Waals surface area contributed by atoms with Gasteiger partial charge in [-0.25, -0.2) is 0 Å². The predicted octanol–water partition coefficient (Wildman–Crippen LogP) is 2.97. The van der Waals surface area contributed by atoms with Crippen molar-refractivity contribution in [2.24, 2.45) is 10.9 Å². The first kappa shape index (κ1) is 21.3. The Balaban J connectivity index is 1.94. The fourth-order valence-electron chi connectivity index (χ4n) is 3.84. The van der Waals surface area contributed by atoms with Crippen LogP contribution in [-0.4, -0.2) is 49.0 Å². The zero-order valence-electron chi connectivity index (χ0n) is 17.9. The molecule has 27 heavy (non-hydrogen) atoms. The zero-order chi connectivity index (χ0) is 20.0. The average Bonchev–Trinajstić information content (AvgIpc) is 3.04. The fraction of sp³-hybridized carbons (Fsp3) is 0.636. The first-order chi connectivity index (χ1) is 12.8. The Labute approximate surface area is 164 Å². The first-order valence-corrected chi connectivity index (χ1v) is 10.2. The number of hydrogen-bond donors (Lipinski definition) is 2. The normalized spacial score (nSPS) is 17.5. The summed E-state index contributed by atoms with van der Waals surface area (Å²) in [6.07, 6.45) is 1.91. The Morgan fingerprint density at radius 1 is 1.26 bits per heavy atom. The molecule has 0 aliphatic carbocycles. The molecule has 0 saturated carbocycles. The van der Waals surface area contributed by atoms with E-state index in [1.165, 1.54) is 22.3 Å². The molecule has 1 unspecified atom stereocenters. The van der Waals surface area contributed by atoms with E-state index in [4.69, 9.17) is 4.99 Å². The van der Waals surface area contributed by atoms with Gasteiger partial charge in [-0.15, -0.1) is 0 Å². The SMILES string of the molecule is CCNC(=NCCc1c(C)cc(C)cc1C)NC1CCN(C(=O)C(C)C)C1. The Kier molecular flexibility index (Phi) is 7.69. The summed E-state index contributed by atoms with van der Waals surface area (Å²) in [5.41, 5.74) is 5.40. The van der Waals surface area contributed by atoms with Crippen molar-refractivity contribution in [2.75, 3.05) is 26.2 Å². The quantitative estimate of drug-likeness (QED) is 0.596. The summed E-state index contributed by atoms with van der Waals surface area (Å²) in [5, 5.41) is 6.85. The molecule has 0 aromatic heterocycles. The largest absolute Gasteiger partial charge is 0.357 e. The third kappa shape index (κ3) is 5.98. The zero-order valence-corrected chi connectivity index (χ0v) is 17.9. The lowest BCUT2D eigenvalue weighted by molar-refractivity contribution is -0.133. The third-order valence-corrected chi connectivity index (χ3v) is 5.15. The predicted molar refractivity (Wildman–Crippen MR) is 113 cm³/mol. The third-order valence-electron chi connectivity index (χ3n) is 5.15. The maximum atomic E-state index is 12.2. The van der Waals surface area contributed by atoms with Crippen LogP contribution in [0.25, 0.3) is 0 Å². The van der Waals surface area contributed by atoms with Crippen molar-refractivity contribution < 1.29 is 4.79 Å². The van der Waals surface area contributed by atoms with Gasteiger partial charge in [-0.05, 0) is 57.2 Å². The van der Waals surface area contributed by atoms with Crippen molar-refractivity contribution in [1.82, 2.24) is 15.5 Å². The number of nitrogens with one attached hydrogen (secondary N) is 2. The van der Waals surface area contributed by atoms with Crippen LogP contribution in [0.15, 0.2) is 17.1 Å². The monoisotopic (exact) mass is 372 g/mol. The van der Waals surface area contributed by atoms with E-state index in [2.05, 4.69) is 50.5 Å². The number of carbonyl (C=O) groups is 1. The van der Waals surface area contributed by atoms with E-state index in [1.54, 1.807) is 0 Å². The number of aliphatic imine (C=N–C) groups is 1. The number of likely N-dealkylation sites (tertiary alicyclic amines) is 1. The summed E-state index contributed by atoms with van der Waals surface area (Å²) in [6, 6.07) is 4.76. The van der Waals surface area contributed by atoms with Gasteiger partial charge in [0.05, 0.1) is 0 Å². The average molecular weight is 373 g/mol. The second kappa shape index (κ2) is 9.77. The van der Waals surface area contributed by atoms with Crippen LogP contribution in [0, 0.1) is 26.7 Å². The van der Waals surface area contributed by atoms with Crippen molar-refractivity contribution in [3.8, 4) is 0 Å². The van der Waals surface area contributed by atoms with E-state index >= 15 is 0 Å². The van der Waals surface area contributed by atoms with Gasteiger partial charge in [0, 0.05) is 38.1 Å². The molecule has 2 N–H and O–H groups in total. The number of carbonyl (C=O) groups excluding carboxylic acids is 1. The molecule has 150 valence electrons. The molecule has 1 aromatic rings. The van der Waals surface area contributed by atoms with E-state index in [0.29, 0.717) is 0 Å². The molecule has 5 nitrogen and oxygen atoms in total. The van der Waals surface area contributed by atoms with E-state index in [-0.39, 0.29) is 17.9 Å². The highest BCUT2D eigenvalue weighted by atomic mass is 16.2. The molecule has 1 aliphatic heterocycles. The maximum absolute atomic E-state index is 12.2. The number of hydrogen-bond acceptors (Lipinski definition) is 2. The van der Waals surface area contributed by atoms with E-state index in [0.717, 1.165) is 45.0 Å². The topological polar surface area (TPSA) is 56.7 Å². The molecule has 1 saturated heterocycles. The molecule has 0 radical (unpaired) electrons. The molecule has 1 amide bonds. The lowest BCUT2D eigenvalue weighted by atomic mass is 9.97. The standard InChI is InChI=1S/C22H36N4O/c1-7-23-22(25-19-9-11-26(14-19)21(27)15(2)3)24-10-8-20-17(5)12-16(4)13-18(20)6/h12-13,15,19H,7-11,14H2,1-6H3,(H2,23,24,25). The Hall–Kier alpha value is -2.04. The Morgan fingerprint density at radius 3 is 2.52 bits per heavy atom. The van der Waals surface area contributed by atoms with Crippen molar-refractivity contribution >= 4 is 11.9 Å². The van der Waals surface area contributed by atoms with Crippen LogP contribution in [0.4, 0.5) is 0 Å². The number of aryl methyl sites for hydroxylation is 3. The van der Waals surface area contributed by atoms with Gasteiger partial charge in [0.2, 0.25) is 5.91 Å². The summed E-state index contributed by atoms with van der Waals surface area (Å²) in [6.45, 7) is 15.7. The van der Waals surface area contributed by atoms with Gasteiger partial charge in [-0.3, -0.25) is 9.79 Å². The van der Waals surface area contributed by atoms with Crippen molar-refractivity contribution in [3.63, 3.8) is 0 Å². The van der Waals surface area contributed by atoms with Gasteiger partial charge in [0.25, 0.3) is 0 Å². The van der Waals surface area contributed by atoms with Crippen LogP contribution in [0.2, 0.25) is 0 Å². The molecule has 1 atom stereocenters. The highest BCUT2D eigenvalue weighted by molar-refractivity contribution is 5.81. The number of rotatable bonds is 6. The molecule has 0 bridgehead atoms. The summed E-state index contributed by atoms with van der Waals surface area (Å²) in [4.78, 5) is 18.9. The fourth-order valence-corrected chi connectivity index (χ4v) is 3.84. The second-order valence-corrected chi connectivity index (χ2v) is 7.96. The number of guanidine groups is 1. The van der Waals surface area contributed by atoms with Crippen LogP contribution in [0.1, 0.15) is 49.4 Å². The minimum absolute atomic E-state index is 0.0617. The smallest absolute Gasteiger partial charge is 0.225 e. The lowest BCUT2D eigenvalue weighted by Gasteiger charge is -2.20. The first-order valence-electron chi connectivity index (χ1n) is 10.2. The number of amides is 1. The van der Waals surface area contributed by atoms with Gasteiger partial charge < -0.3 is 15.5 Å². The van der Waals surface area contributed by atoms with E-state index in [9.17, 15) is 4.79 Å². The van der Waals surface area contributed by atoms with Crippen molar-refractivity contribution in [1.29, 1.82) is 0 Å². The van der Waals surface area contributed by atoms with Crippen molar-refractivity contribution in [3.05, 3.63) is 34.4 Å². The minimum atomic E-state index is 0.0617. The van der Waals surface area contributed by atoms with Gasteiger partial charge in [0.15, 0.2) is 5.96 Å². The van der Waals surface area contributed by atoms with Gasteiger partial charge in [-0.2, -0.15) is 0 Å². The molecule has 1 aliphatic rings. The van der Waals surface area contributed by atoms with Crippen LogP contribution in [0.3, 0.4) is 0 Å². The number of nitrogens with zero attached hydrogens (tertiary/aromatic N) is 2. The highest BCUT2D eigenvalue weighted by Crippen LogP contribution is 2.17. The van der Waals surface area contributed by atoms with Crippen LogP contribution in [0.5, 0.6) is 0 Å². The summed E-state index contributed by atoms with van der Waals surface area (Å²) in [5.74, 6) is 1.15. The molecule has 2 rings (SSSR count). The van der Waals surface area contributed by atoms with Crippen LogP contribution >= 0.6 is 0 Å². The highest BCUT2D eigenvalue weighted by Gasteiger charge is 2.27. The molecule has 5 heteroatoms. The summed E-state index contributed by atoms with van der Waals surface area (Å²) >= 11 is 0. The Bertz CT molecular complexity index is 658. The second-order valence-electron chi connectivity index (χ2n) is 7.96. The Morgan fingerprint density at radius 2 is 1.93 bits per heavy atom. The summed E-state index contributed by atoms with van der Waals surface area (Å²) in [7, 11) is 0. The van der Waals surface area contributed by atoms with Gasteiger partial charge >= 0.3 is 0 Å². The van der Waals surface area contributed by atoms with Crippen LogP contribution in [-0.2, 0) is 11.2 Å². The molecule has 1 aromatic carbocycles. The van der Waals surface area contributed by atoms with Gasteiger partial charge in [-0.1, -0.05) is 31.5 Å².